The first-order valence-electron chi connectivity index (χ1n) is 9.98. The number of rotatable bonds is 7. The molecular formula is C21H24N2O5S2. The molecule has 0 radical (unpaired) electrons. The lowest BCUT2D eigenvalue weighted by Crippen LogP contribution is -2.47. The van der Waals surface area contributed by atoms with Crippen molar-refractivity contribution in [3.05, 3.63) is 54.6 Å². The second kappa shape index (κ2) is 7.79. The molecular weight excluding hydrogens is 424 g/mol. The molecule has 0 heterocycles. The second-order valence-corrected chi connectivity index (χ2v) is 11.9. The van der Waals surface area contributed by atoms with E-state index in [1.165, 1.54) is 30.3 Å². The van der Waals surface area contributed by atoms with E-state index in [1.807, 2.05) is 0 Å². The molecule has 0 aliphatic heterocycles. The van der Waals surface area contributed by atoms with Gasteiger partial charge in [-0.3, -0.25) is 4.79 Å². The van der Waals surface area contributed by atoms with Crippen LogP contribution in [-0.4, -0.2) is 33.5 Å². The van der Waals surface area contributed by atoms with E-state index in [1.54, 1.807) is 24.3 Å². The Bertz CT molecular complexity index is 1150. The summed E-state index contributed by atoms with van der Waals surface area (Å²) >= 11 is 0. The van der Waals surface area contributed by atoms with Crippen molar-refractivity contribution in [1.29, 1.82) is 0 Å². The molecule has 4 rings (SSSR count). The van der Waals surface area contributed by atoms with Crippen LogP contribution in [0.5, 0.6) is 0 Å². The highest BCUT2D eigenvalue weighted by molar-refractivity contribution is 7.93. The molecule has 2 N–H and O–H groups in total. The molecule has 2 aromatic rings. The highest BCUT2D eigenvalue weighted by Crippen LogP contribution is 2.41. The quantitative estimate of drug-likeness (QED) is 0.677. The summed E-state index contributed by atoms with van der Waals surface area (Å²) in [5.74, 6) is -0.617. The maximum Gasteiger partial charge on any atom is 0.246 e. The smallest absolute Gasteiger partial charge is 0.246 e. The van der Waals surface area contributed by atoms with Gasteiger partial charge in [-0.05, 0) is 56.0 Å². The van der Waals surface area contributed by atoms with Crippen molar-refractivity contribution in [3.8, 4) is 0 Å². The molecule has 2 saturated carbocycles. The van der Waals surface area contributed by atoms with Gasteiger partial charge in [0.25, 0.3) is 0 Å². The maximum absolute atomic E-state index is 13.4. The van der Waals surface area contributed by atoms with Gasteiger partial charge in [-0.15, -0.1) is 0 Å². The third-order valence-electron chi connectivity index (χ3n) is 5.69. The number of hydrogen-bond donors (Lipinski definition) is 2. The maximum atomic E-state index is 13.4. The molecule has 0 atom stereocenters. The molecule has 2 fully saturated rings. The van der Waals surface area contributed by atoms with E-state index >= 15 is 0 Å². The average molecular weight is 449 g/mol. The summed E-state index contributed by atoms with van der Waals surface area (Å²) < 4.78 is 52.7. The summed E-state index contributed by atoms with van der Waals surface area (Å²) in [4.78, 5) is 13.4. The Kier molecular flexibility index (Phi) is 5.46. The topological polar surface area (TPSA) is 109 Å². The fourth-order valence-corrected chi connectivity index (χ4v) is 7.30. The van der Waals surface area contributed by atoms with Crippen molar-refractivity contribution in [2.45, 2.75) is 59.1 Å². The minimum atomic E-state index is -3.91. The molecule has 2 aromatic carbocycles. The Morgan fingerprint density at radius 1 is 0.867 bits per heavy atom. The average Bonchev–Trinajstić information content (AvgIpc) is 3.38. The van der Waals surface area contributed by atoms with Gasteiger partial charge in [0.15, 0.2) is 14.6 Å². The van der Waals surface area contributed by atoms with Gasteiger partial charge in [-0.1, -0.05) is 37.1 Å². The lowest BCUT2D eigenvalue weighted by molar-refractivity contribution is -0.118. The van der Waals surface area contributed by atoms with Crippen LogP contribution in [0.15, 0.2) is 64.4 Å². The zero-order valence-corrected chi connectivity index (χ0v) is 18.0. The minimum absolute atomic E-state index is 0.0361. The van der Waals surface area contributed by atoms with Crippen LogP contribution in [0.2, 0.25) is 0 Å². The van der Waals surface area contributed by atoms with Gasteiger partial charge in [0.2, 0.25) is 15.9 Å². The molecule has 9 heteroatoms. The van der Waals surface area contributed by atoms with E-state index in [2.05, 4.69) is 10.0 Å². The number of benzene rings is 2. The molecule has 2 aliphatic rings. The van der Waals surface area contributed by atoms with Crippen LogP contribution < -0.4 is 10.0 Å². The van der Waals surface area contributed by atoms with Crippen LogP contribution >= 0.6 is 0 Å². The second-order valence-electron chi connectivity index (χ2n) is 7.90. The van der Waals surface area contributed by atoms with Crippen molar-refractivity contribution < 1.29 is 21.6 Å². The predicted octanol–water partition coefficient (Wildman–Crippen LogP) is 2.85. The predicted molar refractivity (Wildman–Crippen MR) is 113 cm³/mol. The lowest BCUT2D eigenvalue weighted by Gasteiger charge is -2.27. The Balaban J connectivity index is 1.63. The fraction of sp³-hybridized carbons (Fsp3) is 0.381. The van der Waals surface area contributed by atoms with E-state index in [0.29, 0.717) is 12.8 Å². The van der Waals surface area contributed by atoms with Crippen LogP contribution in [0.25, 0.3) is 0 Å². The van der Waals surface area contributed by atoms with Gasteiger partial charge in [-0.25, -0.2) is 21.6 Å². The Morgan fingerprint density at radius 2 is 1.50 bits per heavy atom. The summed E-state index contributed by atoms with van der Waals surface area (Å²) in [6.45, 7) is 0. The Labute approximate surface area is 176 Å². The Morgan fingerprint density at radius 3 is 2.13 bits per heavy atom. The van der Waals surface area contributed by atoms with Crippen molar-refractivity contribution in [2.75, 3.05) is 5.32 Å². The first-order chi connectivity index (χ1) is 14.2. The molecule has 1 amide bonds. The number of amides is 1. The van der Waals surface area contributed by atoms with E-state index < -0.39 is 30.5 Å². The normalized spacial score (nSPS) is 18.8. The van der Waals surface area contributed by atoms with Crippen LogP contribution in [0, 0.1) is 0 Å². The van der Waals surface area contributed by atoms with Crippen LogP contribution in [-0.2, 0) is 24.7 Å². The molecule has 30 heavy (non-hydrogen) atoms. The molecule has 0 unspecified atom stereocenters. The van der Waals surface area contributed by atoms with Crippen molar-refractivity contribution >= 4 is 31.5 Å². The third-order valence-corrected chi connectivity index (χ3v) is 9.73. The van der Waals surface area contributed by atoms with Gasteiger partial charge >= 0.3 is 0 Å². The highest BCUT2D eigenvalue weighted by atomic mass is 32.2. The number of sulfone groups is 1. The van der Waals surface area contributed by atoms with Crippen molar-refractivity contribution in [2.24, 2.45) is 0 Å². The number of carbonyl (C=O) groups is 1. The summed E-state index contributed by atoms with van der Waals surface area (Å²) in [6.07, 6.45) is 3.37. The van der Waals surface area contributed by atoms with Gasteiger partial charge in [0.1, 0.15) is 0 Å². The minimum Gasteiger partial charge on any atom is -0.325 e. The molecule has 0 bridgehead atoms. The van der Waals surface area contributed by atoms with Crippen molar-refractivity contribution in [1.82, 2.24) is 4.72 Å². The summed E-state index contributed by atoms with van der Waals surface area (Å²) in [7, 11) is -7.59. The monoisotopic (exact) mass is 448 g/mol. The first kappa shape index (κ1) is 21.0. The molecule has 0 spiro atoms. The summed E-state index contributed by atoms with van der Waals surface area (Å²) in [6, 6.07) is 13.9. The van der Waals surface area contributed by atoms with Crippen LogP contribution in [0.4, 0.5) is 5.69 Å². The van der Waals surface area contributed by atoms with E-state index in [-0.39, 0.29) is 34.4 Å². The number of nitrogens with one attached hydrogen (secondary N) is 2. The van der Waals surface area contributed by atoms with E-state index in [0.717, 1.165) is 12.8 Å². The fourth-order valence-electron chi connectivity index (χ4n) is 3.86. The molecule has 2 aliphatic carbocycles. The third kappa shape index (κ3) is 3.89. The van der Waals surface area contributed by atoms with Gasteiger partial charge in [0.05, 0.1) is 9.79 Å². The SMILES string of the molecule is O=C(Nc1cccc(S(=O)(=O)NC2CC2)c1)C1(S(=O)(=O)c2ccccc2)CCCC1. The van der Waals surface area contributed by atoms with Crippen LogP contribution in [0.3, 0.4) is 0 Å². The molecule has 0 aromatic heterocycles. The summed E-state index contributed by atoms with van der Waals surface area (Å²) in [5, 5.41) is 2.67. The number of sulfonamides is 1. The highest BCUT2D eigenvalue weighted by Gasteiger charge is 2.52. The number of carbonyl (C=O) groups excluding carboxylic acids is 1. The number of hydrogen-bond acceptors (Lipinski definition) is 5. The molecule has 0 saturated heterocycles. The van der Waals surface area contributed by atoms with Crippen LogP contribution in [0.1, 0.15) is 38.5 Å². The number of anilines is 1. The largest absolute Gasteiger partial charge is 0.325 e. The zero-order valence-electron chi connectivity index (χ0n) is 16.4. The Hall–Kier alpha value is -2.23. The van der Waals surface area contributed by atoms with E-state index in [9.17, 15) is 21.6 Å². The van der Waals surface area contributed by atoms with Gasteiger partial charge < -0.3 is 5.32 Å². The molecule has 160 valence electrons. The van der Waals surface area contributed by atoms with E-state index in [4.69, 9.17) is 0 Å². The van der Waals surface area contributed by atoms with Gasteiger partial charge in [-0.2, -0.15) is 0 Å². The molecule has 7 nitrogen and oxygen atoms in total. The standard InChI is InChI=1S/C21H24N2O5S2/c24-20(21(13-4-5-14-21)29(25,26)18-8-2-1-3-9-18)22-17-7-6-10-19(15-17)30(27,28)23-16-11-12-16/h1-3,6-10,15-16,23H,4-5,11-14H2,(H,22,24). The summed E-state index contributed by atoms with van der Waals surface area (Å²) in [5.41, 5.74) is 0.258. The lowest BCUT2D eigenvalue weighted by atomic mass is 10.1. The van der Waals surface area contributed by atoms with Crippen molar-refractivity contribution in [3.63, 3.8) is 0 Å². The first-order valence-corrected chi connectivity index (χ1v) is 12.9. The van der Waals surface area contributed by atoms with Gasteiger partial charge in [0, 0.05) is 11.7 Å². The zero-order chi connectivity index (χ0) is 21.4.